The lowest BCUT2D eigenvalue weighted by Crippen LogP contribution is -2.48. The van der Waals surface area contributed by atoms with Crippen molar-refractivity contribution in [2.24, 2.45) is 0 Å². The number of nitrogens with one attached hydrogen (secondary N) is 1. The smallest absolute Gasteiger partial charge is 0.272 e. The van der Waals surface area contributed by atoms with Gasteiger partial charge in [0.2, 0.25) is 0 Å². The molecule has 1 aliphatic rings. The quantitative estimate of drug-likeness (QED) is 0.896. The molecule has 1 saturated heterocycles. The summed E-state index contributed by atoms with van der Waals surface area (Å²) in [6.07, 6.45) is 0.931. The van der Waals surface area contributed by atoms with Gasteiger partial charge in [0.25, 0.3) is 5.91 Å². The number of amides is 1. The molecule has 1 fully saturated rings. The third-order valence-electron chi connectivity index (χ3n) is 4.82. The Hall–Kier alpha value is -2.47. The maximum atomic E-state index is 12.9. The topological polar surface area (TPSA) is 61.4 Å². The van der Waals surface area contributed by atoms with Crippen molar-refractivity contribution in [1.82, 2.24) is 19.8 Å². The maximum absolute atomic E-state index is 12.9. The SMILES string of the molecule is CCc1ccccc1Nc1cc(C(=O)N2CCN(CC)CC2)nc(C)n1. The number of carbonyl (C=O) groups excluding carboxylic acids is 1. The van der Waals surface area contributed by atoms with Crippen LogP contribution in [0.15, 0.2) is 30.3 Å². The van der Waals surface area contributed by atoms with Gasteiger partial charge in [0.15, 0.2) is 0 Å². The second kappa shape index (κ2) is 8.27. The molecule has 1 aliphatic heterocycles. The number of likely N-dealkylation sites (N-methyl/N-ethyl adjacent to an activating group) is 1. The van der Waals surface area contributed by atoms with Gasteiger partial charge in [0.05, 0.1) is 0 Å². The number of aromatic nitrogens is 2. The van der Waals surface area contributed by atoms with Gasteiger partial charge in [-0.3, -0.25) is 4.79 Å². The van der Waals surface area contributed by atoms with Crippen LogP contribution >= 0.6 is 0 Å². The molecule has 3 rings (SSSR count). The first-order chi connectivity index (χ1) is 12.6. The fourth-order valence-corrected chi connectivity index (χ4v) is 3.26. The zero-order valence-electron chi connectivity index (χ0n) is 15.8. The van der Waals surface area contributed by atoms with E-state index in [0.29, 0.717) is 17.3 Å². The van der Waals surface area contributed by atoms with Crippen molar-refractivity contribution in [2.45, 2.75) is 27.2 Å². The number of nitrogens with zero attached hydrogens (tertiary/aromatic N) is 4. The Kier molecular flexibility index (Phi) is 5.83. The fourth-order valence-electron chi connectivity index (χ4n) is 3.26. The summed E-state index contributed by atoms with van der Waals surface area (Å²) in [6, 6.07) is 9.90. The van der Waals surface area contributed by atoms with Crippen molar-refractivity contribution in [3.05, 3.63) is 47.4 Å². The molecular weight excluding hydrogens is 326 g/mol. The molecule has 0 unspecified atom stereocenters. The van der Waals surface area contributed by atoms with E-state index < -0.39 is 0 Å². The summed E-state index contributed by atoms with van der Waals surface area (Å²) < 4.78 is 0. The monoisotopic (exact) mass is 353 g/mol. The highest BCUT2D eigenvalue weighted by Gasteiger charge is 2.23. The number of carbonyl (C=O) groups is 1. The highest BCUT2D eigenvalue weighted by atomic mass is 16.2. The molecule has 1 aromatic carbocycles. The van der Waals surface area contributed by atoms with Crippen molar-refractivity contribution in [3.8, 4) is 0 Å². The van der Waals surface area contributed by atoms with Crippen LogP contribution in [0, 0.1) is 6.92 Å². The lowest BCUT2D eigenvalue weighted by molar-refractivity contribution is 0.0637. The zero-order valence-corrected chi connectivity index (χ0v) is 15.8. The molecule has 1 N–H and O–H groups in total. The van der Waals surface area contributed by atoms with Crippen LogP contribution < -0.4 is 5.32 Å². The molecule has 1 amide bonds. The van der Waals surface area contributed by atoms with E-state index in [1.165, 1.54) is 5.56 Å². The summed E-state index contributed by atoms with van der Waals surface area (Å²) in [6.45, 7) is 10.5. The Morgan fingerprint density at radius 2 is 1.85 bits per heavy atom. The van der Waals surface area contributed by atoms with E-state index in [0.717, 1.165) is 44.8 Å². The Morgan fingerprint density at radius 1 is 1.12 bits per heavy atom. The number of para-hydroxylation sites is 1. The molecule has 6 nitrogen and oxygen atoms in total. The average molecular weight is 353 g/mol. The van der Waals surface area contributed by atoms with E-state index >= 15 is 0 Å². The van der Waals surface area contributed by atoms with Crippen molar-refractivity contribution in [2.75, 3.05) is 38.0 Å². The highest BCUT2D eigenvalue weighted by Crippen LogP contribution is 2.21. The molecular formula is C20H27N5O. The molecule has 2 heterocycles. The summed E-state index contributed by atoms with van der Waals surface area (Å²) in [5.41, 5.74) is 2.69. The Labute approximate surface area is 155 Å². The molecule has 0 bridgehead atoms. The first-order valence-corrected chi connectivity index (χ1v) is 9.33. The molecule has 138 valence electrons. The number of hydrogen-bond donors (Lipinski definition) is 1. The second-order valence-corrected chi connectivity index (χ2v) is 6.55. The number of aryl methyl sites for hydroxylation is 2. The van der Waals surface area contributed by atoms with Crippen molar-refractivity contribution in [3.63, 3.8) is 0 Å². The molecule has 1 aromatic heterocycles. The van der Waals surface area contributed by atoms with E-state index in [4.69, 9.17) is 0 Å². The van der Waals surface area contributed by atoms with E-state index in [2.05, 4.69) is 40.1 Å². The van der Waals surface area contributed by atoms with E-state index in [-0.39, 0.29) is 5.91 Å². The van der Waals surface area contributed by atoms with Crippen molar-refractivity contribution >= 4 is 17.4 Å². The lowest BCUT2D eigenvalue weighted by Gasteiger charge is -2.33. The molecule has 0 saturated carbocycles. The highest BCUT2D eigenvalue weighted by molar-refractivity contribution is 5.93. The Morgan fingerprint density at radius 3 is 2.54 bits per heavy atom. The third kappa shape index (κ3) is 4.19. The Balaban J connectivity index is 1.78. The summed E-state index contributed by atoms with van der Waals surface area (Å²) in [5, 5.41) is 3.35. The van der Waals surface area contributed by atoms with E-state index in [1.54, 1.807) is 6.07 Å². The first-order valence-electron chi connectivity index (χ1n) is 9.33. The molecule has 0 aliphatic carbocycles. The van der Waals surface area contributed by atoms with Crippen LogP contribution in [0.2, 0.25) is 0 Å². The van der Waals surface area contributed by atoms with Crippen LogP contribution in [0.4, 0.5) is 11.5 Å². The molecule has 2 aromatic rings. The fraction of sp³-hybridized carbons (Fsp3) is 0.450. The van der Waals surface area contributed by atoms with Gasteiger partial charge in [-0.15, -0.1) is 0 Å². The summed E-state index contributed by atoms with van der Waals surface area (Å²) in [7, 11) is 0. The zero-order chi connectivity index (χ0) is 18.5. The van der Waals surface area contributed by atoms with Crippen LogP contribution in [0.3, 0.4) is 0 Å². The largest absolute Gasteiger partial charge is 0.340 e. The average Bonchev–Trinajstić information content (AvgIpc) is 2.67. The minimum absolute atomic E-state index is 0.0157. The molecule has 6 heteroatoms. The van der Waals surface area contributed by atoms with Gasteiger partial charge in [-0.2, -0.15) is 0 Å². The van der Waals surface area contributed by atoms with Crippen molar-refractivity contribution < 1.29 is 4.79 Å². The minimum atomic E-state index is -0.0157. The van der Waals surface area contributed by atoms with E-state index in [9.17, 15) is 4.79 Å². The summed E-state index contributed by atoms with van der Waals surface area (Å²) in [5.74, 6) is 1.24. The van der Waals surface area contributed by atoms with Crippen LogP contribution in [-0.2, 0) is 6.42 Å². The lowest BCUT2D eigenvalue weighted by atomic mass is 10.1. The predicted molar refractivity (Wildman–Crippen MR) is 104 cm³/mol. The van der Waals surface area contributed by atoms with Gasteiger partial charge in [-0.1, -0.05) is 32.0 Å². The Bertz CT molecular complexity index is 769. The third-order valence-corrected chi connectivity index (χ3v) is 4.82. The van der Waals surface area contributed by atoms with Crippen LogP contribution in [0.25, 0.3) is 0 Å². The van der Waals surface area contributed by atoms with Crippen LogP contribution in [0.1, 0.15) is 35.7 Å². The normalized spacial score (nSPS) is 15.1. The number of rotatable bonds is 5. The molecule has 0 spiro atoms. The maximum Gasteiger partial charge on any atom is 0.272 e. The van der Waals surface area contributed by atoms with Gasteiger partial charge in [0.1, 0.15) is 17.3 Å². The number of benzene rings is 1. The number of piperazine rings is 1. The van der Waals surface area contributed by atoms with Gasteiger partial charge in [0, 0.05) is 37.9 Å². The number of hydrogen-bond acceptors (Lipinski definition) is 5. The molecule has 0 radical (unpaired) electrons. The second-order valence-electron chi connectivity index (χ2n) is 6.55. The predicted octanol–water partition coefficient (Wildman–Crippen LogP) is 2.87. The van der Waals surface area contributed by atoms with Gasteiger partial charge >= 0.3 is 0 Å². The summed E-state index contributed by atoms with van der Waals surface area (Å²) in [4.78, 5) is 25.9. The van der Waals surface area contributed by atoms with Crippen LogP contribution in [0.5, 0.6) is 0 Å². The van der Waals surface area contributed by atoms with Gasteiger partial charge in [-0.05, 0) is 31.5 Å². The van der Waals surface area contributed by atoms with Gasteiger partial charge < -0.3 is 15.1 Å². The number of anilines is 2. The standard InChI is InChI=1S/C20H27N5O/c1-4-16-8-6-7-9-17(16)23-19-14-18(21-15(3)22-19)20(26)25-12-10-24(5-2)11-13-25/h6-9,14H,4-5,10-13H2,1-3H3,(H,21,22,23). The molecule has 26 heavy (non-hydrogen) atoms. The summed E-state index contributed by atoms with van der Waals surface area (Å²) >= 11 is 0. The molecule has 0 atom stereocenters. The van der Waals surface area contributed by atoms with Gasteiger partial charge in [-0.25, -0.2) is 9.97 Å². The van der Waals surface area contributed by atoms with Crippen LogP contribution in [-0.4, -0.2) is 58.4 Å². The van der Waals surface area contributed by atoms with E-state index in [1.807, 2.05) is 30.0 Å². The first kappa shape index (κ1) is 18.3. The van der Waals surface area contributed by atoms with Crippen molar-refractivity contribution in [1.29, 1.82) is 0 Å². The minimum Gasteiger partial charge on any atom is -0.340 e.